The number of hydrogen-bond acceptors (Lipinski definition) is 1. The van der Waals surface area contributed by atoms with Crippen molar-refractivity contribution >= 4 is 0 Å². The van der Waals surface area contributed by atoms with E-state index in [-0.39, 0.29) is 5.56 Å². The third kappa shape index (κ3) is 2.54. The molecule has 94 valence electrons. The molecule has 1 nitrogen and oxygen atoms in total. The number of benzene rings is 2. The molecule has 0 fully saturated rings. The first-order valence-corrected chi connectivity index (χ1v) is 5.55. The lowest BCUT2D eigenvalue weighted by molar-refractivity contribution is 0.511. The minimum absolute atomic E-state index is 0.0489. The van der Waals surface area contributed by atoms with Crippen LogP contribution < -0.4 is 5.73 Å². The van der Waals surface area contributed by atoms with Gasteiger partial charge in [-0.2, -0.15) is 0 Å². The van der Waals surface area contributed by atoms with Gasteiger partial charge >= 0.3 is 0 Å². The smallest absolute Gasteiger partial charge is 0.166 e. The fraction of sp³-hybridized carbons (Fsp3) is 0.143. The van der Waals surface area contributed by atoms with Gasteiger partial charge in [0.05, 0.1) is 0 Å². The Hall–Kier alpha value is -1.81. The van der Waals surface area contributed by atoms with Crippen LogP contribution >= 0.6 is 0 Å². The minimum Gasteiger partial charge on any atom is -0.330 e. The summed E-state index contributed by atoms with van der Waals surface area (Å²) in [6, 6.07) is 7.97. The van der Waals surface area contributed by atoms with Gasteiger partial charge in [-0.15, -0.1) is 0 Å². The number of hydrogen-bond donors (Lipinski definition) is 1. The zero-order valence-electron chi connectivity index (χ0n) is 9.59. The maximum Gasteiger partial charge on any atom is 0.166 e. The monoisotopic (exact) mass is 251 g/mol. The summed E-state index contributed by atoms with van der Waals surface area (Å²) in [4.78, 5) is 0. The predicted octanol–water partition coefficient (Wildman–Crippen LogP) is 3.27. The van der Waals surface area contributed by atoms with Crippen LogP contribution in [0.1, 0.15) is 5.56 Å². The average molecular weight is 251 g/mol. The molecule has 0 radical (unpaired) electrons. The first-order valence-electron chi connectivity index (χ1n) is 5.55. The fourth-order valence-corrected chi connectivity index (χ4v) is 1.84. The second-order valence-corrected chi connectivity index (χ2v) is 3.99. The summed E-state index contributed by atoms with van der Waals surface area (Å²) in [5.74, 6) is -2.40. The van der Waals surface area contributed by atoms with Gasteiger partial charge < -0.3 is 5.73 Å². The first-order chi connectivity index (χ1) is 8.61. The van der Waals surface area contributed by atoms with Gasteiger partial charge in [-0.05, 0) is 42.3 Å². The highest BCUT2D eigenvalue weighted by Gasteiger charge is 2.11. The zero-order chi connectivity index (χ0) is 13.1. The Balaban J connectivity index is 2.53. The van der Waals surface area contributed by atoms with E-state index in [4.69, 9.17) is 5.73 Å². The second kappa shape index (κ2) is 5.23. The average Bonchev–Trinajstić information content (AvgIpc) is 2.32. The Labute approximate surface area is 103 Å². The van der Waals surface area contributed by atoms with Crippen LogP contribution in [0.2, 0.25) is 0 Å². The summed E-state index contributed by atoms with van der Waals surface area (Å²) in [6.45, 7) is 0.370. The molecule has 0 atom stereocenters. The van der Waals surface area contributed by atoms with E-state index in [1.807, 2.05) is 0 Å². The highest BCUT2D eigenvalue weighted by atomic mass is 19.2. The van der Waals surface area contributed by atoms with Gasteiger partial charge in [-0.3, -0.25) is 0 Å². The van der Waals surface area contributed by atoms with Crippen molar-refractivity contribution in [3.05, 3.63) is 59.4 Å². The molecule has 2 N–H and O–H groups in total. The van der Waals surface area contributed by atoms with Crippen LogP contribution in [-0.2, 0) is 6.42 Å². The van der Waals surface area contributed by atoms with E-state index in [2.05, 4.69) is 0 Å². The van der Waals surface area contributed by atoms with Crippen LogP contribution in [0.4, 0.5) is 13.2 Å². The minimum atomic E-state index is -0.971. The first kappa shape index (κ1) is 12.6. The lowest BCUT2D eigenvalue weighted by Gasteiger charge is -2.07. The van der Waals surface area contributed by atoms with Crippen molar-refractivity contribution in [3.63, 3.8) is 0 Å². The predicted molar refractivity (Wildman–Crippen MR) is 64.5 cm³/mol. The van der Waals surface area contributed by atoms with Crippen molar-refractivity contribution in [2.75, 3.05) is 6.54 Å². The molecule has 0 spiro atoms. The molecule has 4 heteroatoms. The molecule has 18 heavy (non-hydrogen) atoms. The highest BCUT2D eigenvalue weighted by molar-refractivity contribution is 5.65. The Bertz CT molecular complexity index is 567. The van der Waals surface area contributed by atoms with E-state index in [0.717, 1.165) is 6.07 Å². The molecule has 0 unspecified atom stereocenters. The van der Waals surface area contributed by atoms with Crippen molar-refractivity contribution in [1.29, 1.82) is 0 Å². The largest absolute Gasteiger partial charge is 0.330 e. The van der Waals surface area contributed by atoms with E-state index in [1.165, 1.54) is 24.3 Å². The Morgan fingerprint density at radius 3 is 2.50 bits per heavy atom. The van der Waals surface area contributed by atoms with Crippen LogP contribution in [0.3, 0.4) is 0 Å². The molecule has 0 saturated heterocycles. The maximum atomic E-state index is 13.6. The molecule has 0 aliphatic heterocycles. The molecule has 0 aromatic heterocycles. The van der Waals surface area contributed by atoms with Gasteiger partial charge in [-0.1, -0.05) is 18.2 Å². The lowest BCUT2D eigenvalue weighted by atomic mass is 10.0. The van der Waals surface area contributed by atoms with E-state index < -0.39 is 17.5 Å². The molecule has 2 aromatic carbocycles. The van der Waals surface area contributed by atoms with Crippen molar-refractivity contribution in [2.24, 2.45) is 5.73 Å². The van der Waals surface area contributed by atoms with Crippen LogP contribution in [0.5, 0.6) is 0 Å². The quantitative estimate of drug-likeness (QED) is 0.890. The summed E-state index contributed by atoms with van der Waals surface area (Å²) in [5.41, 5.74) is 6.42. The Morgan fingerprint density at radius 1 is 1.00 bits per heavy atom. The Morgan fingerprint density at radius 2 is 1.78 bits per heavy atom. The van der Waals surface area contributed by atoms with Gasteiger partial charge in [0.2, 0.25) is 0 Å². The van der Waals surface area contributed by atoms with Gasteiger partial charge in [0.15, 0.2) is 11.6 Å². The molecule has 0 saturated carbocycles. The van der Waals surface area contributed by atoms with Crippen LogP contribution in [-0.4, -0.2) is 6.54 Å². The fourth-order valence-electron chi connectivity index (χ4n) is 1.84. The maximum absolute atomic E-state index is 13.6. The number of nitrogens with two attached hydrogens (primary N) is 1. The molecule has 0 bridgehead atoms. The van der Waals surface area contributed by atoms with Gasteiger partial charge in [-0.25, -0.2) is 13.2 Å². The van der Waals surface area contributed by atoms with Crippen LogP contribution in [0, 0.1) is 17.5 Å². The molecule has 0 amide bonds. The van der Waals surface area contributed by atoms with Gasteiger partial charge in [0, 0.05) is 5.56 Å². The SMILES string of the molecule is NCCc1cc(F)cc(-c2cccc(F)c2F)c1. The molecule has 0 heterocycles. The lowest BCUT2D eigenvalue weighted by Crippen LogP contribution is -2.03. The summed E-state index contributed by atoms with van der Waals surface area (Å²) >= 11 is 0. The molecule has 2 aromatic rings. The molecule has 0 aliphatic rings. The van der Waals surface area contributed by atoms with E-state index in [1.54, 1.807) is 6.07 Å². The summed E-state index contributed by atoms with van der Waals surface area (Å²) in [6.07, 6.45) is 0.488. The topological polar surface area (TPSA) is 26.0 Å². The zero-order valence-corrected chi connectivity index (χ0v) is 9.59. The van der Waals surface area contributed by atoms with E-state index >= 15 is 0 Å². The third-order valence-electron chi connectivity index (χ3n) is 2.65. The third-order valence-corrected chi connectivity index (χ3v) is 2.65. The van der Waals surface area contributed by atoms with E-state index in [0.29, 0.717) is 24.1 Å². The standard InChI is InChI=1S/C14H12F3N/c15-11-7-9(4-5-18)6-10(8-11)12-2-1-3-13(16)14(12)17/h1-3,6-8H,4-5,18H2. The van der Waals surface area contributed by atoms with Crippen LogP contribution in [0.25, 0.3) is 11.1 Å². The molecule has 0 aliphatic carbocycles. The Kier molecular flexibility index (Phi) is 3.67. The normalized spacial score (nSPS) is 10.7. The van der Waals surface area contributed by atoms with Crippen molar-refractivity contribution in [2.45, 2.75) is 6.42 Å². The second-order valence-electron chi connectivity index (χ2n) is 3.99. The van der Waals surface area contributed by atoms with E-state index in [9.17, 15) is 13.2 Å². The molecular weight excluding hydrogens is 239 g/mol. The molecular formula is C14H12F3N. The van der Waals surface area contributed by atoms with Crippen molar-refractivity contribution in [1.82, 2.24) is 0 Å². The molecule has 2 rings (SSSR count). The number of halogens is 3. The summed E-state index contributed by atoms with van der Waals surface area (Å²) < 4.78 is 40.2. The highest BCUT2D eigenvalue weighted by Crippen LogP contribution is 2.26. The summed E-state index contributed by atoms with van der Waals surface area (Å²) in [5, 5.41) is 0. The van der Waals surface area contributed by atoms with Crippen molar-refractivity contribution < 1.29 is 13.2 Å². The number of rotatable bonds is 3. The van der Waals surface area contributed by atoms with Crippen LogP contribution in [0.15, 0.2) is 36.4 Å². The van der Waals surface area contributed by atoms with Gasteiger partial charge in [0.1, 0.15) is 5.82 Å². The summed E-state index contributed by atoms with van der Waals surface area (Å²) in [7, 11) is 0. The van der Waals surface area contributed by atoms with Crippen molar-refractivity contribution in [3.8, 4) is 11.1 Å². The van der Waals surface area contributed by atoms with Gasteiger partial charge in [0.25, 0.3) is 0 Å².